The molecule has 0 heterocycles. The second-order valence-corrected chi connectivity index (χ2v) is 5.20. The van der Waals surface area contributed by atoms with E-state index in [0.717, 1.165) is 6.54 Å². The van der Waals surface area contributed by atoms with Gasteiger partial charge in [-0.2, -0.15) is 0 Å². The van der Waals surface area contributed by atoms with E-state index in [4.69, 9.17) is 5.73 Å². The lowest BCUT2D eigenvalue weighted by atomic mass is 9.93. The Balaban J connectivity index is 2.00. The van der Waals surface area contributed by atoms with Crippen molar-refractivity contribution in [2.45, 2.75) is 37.8 Å². The predicted molar refractivity (Wildman–Crippen MR) is 63.6 cm³/mol. The number of hydrogen-bond donors (Lipinski definition) is 2. The van der Waals surface area contributed by atoms with Crippen LogP contribution >= 0.6 is 0 Å². The quantitative estimate of drug-likeness (QED) is 0.787. The van der Waals surface area contributed by atoms with Crippen LogP contribution < -0.4 is 11.1 Å². The maximum atomic E-state index is 6.31. The molecule has 0 spiro atoms. The van der Waals surface area contributed by atoms with Crippen LogP contribution in [0.2, 0.25) is 0 Å². The van der Waals surface area contributed by atoms with Crippen LogP contribution in [0, 0.1) is 0 Å². The van der Waals surface area contributed by atoms with E-state index in [0.29, 0.717) is 5.54 Å². The molecule has 1 aromatic carbocycles. The molecule has 1 aliphatic carbocycles. The summed E-state index contributed by atoms with van der Waals surface area (Å²) >= 11 is 0. The van der Waals surface area contributed by atoms with E-state index in [1.165, 1.54) is 18.4 Å². The summed E-state index contributed by atoms with van der Waals surface area (Å²) in [6.45, 7) is 5.18. The highest BCUT2D eigenvalue weighted by Gasteiger charge is 2.38. The molecule has 0 amide bonds. The lowest BCUT2D eigenvalue weighted by Crippen LogP contribution is -2.46. The van der Waals surface area contributed by atoms with Crippen LogP contribution in [-0.2, 0) is 5.54 Å². The molecular formula is C13H20N2. The Morgan fingerprint density at radius 1 is 1.33 bits per heavy atom. The fourth-order valence-corrected chi connectivity index (χ4v) is 1.68. The Bertz CT molecular complexity index is 326. The molecule has 1 aromatic rings. The number of rotatable bonds is 4. The summed E-state index contributed by atoms with van der Waals surface area (Å²) in [7, 11) is 0. The van der Waals surface area contributed by atoms with Gasteiger partial charge in [0.05, 0.1) is 5.54 Å². The first-order valence-electron chi connectivity index (χ1n) is 5.61. The summed E-state index contributed by atoms with van der Waals surface area (Å²) in [5.74, 6) is 0. The van der Waals surface area contributed by atoms with Crippen LogP contribution in [0.15, 0.2) is 30.3 Å². The Labute approximate surface area is 91.9 Å². The third-order valence-electron chi connectivity index (χ3n) is 3.32. The molecule has 2 heteroatoms. The van der Waals surface area contributed by atoms with Crippen molar-refractivity contribution in [1.82, 2.24) is 5.32 Å². The van der Waals surface area contributed by atoms with Gasteiger partial charge in [-0.3, -0.25) is 0 Å². The zero-order chi connectivity index (χ0) is 10.9. The summed E-state index contributed by atoms with van der Waals surface area (Å²) in [6, 6.07) is 10.3. The molecule has 82 valence electrons. The minimum Gasteiger partial charge on any atom is -0.321 e. The minimum absolute atomic E-state index is 0.271. The van der Waals surface area contributed by atoms with Gasteiger partial charge in [-0.15, -0.1) is 0 Å². The number of hydrogen-bond acceptors (Lipinski definition) is 2. The van der Waals surface area contributed by atoms with E-state index < -0.39 is 0 Å². The van der Waals surface area contributed by atoms with Crippen molar-refractivity contribution in [2.75, 3.05) is 6.54 Å². The fourth-order valence-electron chi connectivity index (χ4n) is 1.68. The summed E-state index contributed by atoms with van der Waals surface area (Å²) in [6.07, 6.45) is 2.55. The van der Waals surface area contributed by atoms with Crippen LogP contribution in [0.5, 0.6) is 0 Å². The van der Waals surface area contributed by atoms with Gasteiger partial charge in [0.15, 0.2) is 0 Å². The van der Waals surface area contributed by atoms with Crippen molar-refractivity contribution >= 4 is 0 Å². The highest BCUT2D eigenvalue weighted by Crippen LogP contribution is 2.34. The molecule has 1 saturated carbocycles. The molecule has 3 N–H and O–H groups in total. The van der Waals surface area contributed by atoms with Gasteiger partial charge in [0.2, 0.25) is 0 Å². The van der Waals surface area contributed by atoms with E-state index in [1.807, 2.05) is 18.2 Å². The third kappa shape index (κ3) is 2.58. The van der Waals surface area contributed by atoms with Gasteiger partial charge >= 0.3 is 0 Å². The number of nitrogens with one attached hydrogen (secondary N) is 1. The summed E-state index contributed by atoms with van der Waals surface area (Å²) in [5.41, 5.74) is 7.59. The molecule has 0 aromatic heterocycles. The first-order valence-corrected chi connectivity index (χ1v) is 5.61. The molecule has 1 aliphatic rings. The zero-order valence-electron chi connectivity index (χ0n) is 9.59. The highest BCUT2D eigenvalue weighted by molar-refractivity contribution is 5.23. The average Bonchev–Trinajstić information content (AvgIpc) is 2.96. The van der Waals surface area contributed by atoms with Crippen LogP contribution in [0.1, 0.15) is 32.3 Å². The maximum absolute atomic E-state index is 6.31. The standard InChI is InChI=1S/C13H20N2/c1-12(8-9-12)15-10-13(2,14)11-6-4-3-5-7-11/h3-7,15H,8-10,14H2,1-2H3. The molecule has 2 nitrogen and oxygen atoms in total. The monoisotopic (exact) mass is 204 g/mol. The van der Waals surface area contributed by atoms with E-state index in [1.54, 1.807) is 0 Å². The van der Waals surface area contributed by atoms with Crippen LogP contribution in [-0.4, -0.2) is 12.1 Å². The van der Waals surface area contributed by atoms with E-state index >= 15 is 0 Å². The topological polar surface area (TPSA) is 38.0 Å². The SMILES string of the molecule is CC1(NCC(C)(N)c2ccccc2)CC1. The molecule has 1 unspecified atom stereocenters. The van der Waals surface area contributed by atoms with Gasteiger partial charge in [0.1, 0.15) is 0 Å². The average molecular weight is 204 g/mol. The molecular weight excluding hydrogens is 184 g/mol. The van der Waals surface area contributed by atoms with Crippen molar-refractivity contribution in [1.29, 1.82) is 0 Å². The van der Waals surface area contributed by atoms with Gasteiger partial charge in [-0.05, 0) is 32.3 Å². The smallest absolute Gasteiger partial charge is 0.0507 e. The van der Waals surface area contributed by atoms with Crippen LogP contribution in [0.4, 0.5) is 0 Å². The minimum atomic E-state index is -0.271. The molecule has 0 aliphatic heterocycles. The molecule has 0 bridgehead atoms. The van der Waals surface area contributed by atoms with E-state index in [9.17, 15) is 0 Å². The highest BCUT2D eigenvalue weighted by atomic mass is 15.0. The molecule has 1 fully saturated rings. The third-order valence-corrected chi connectivity index (χ3v) is 3.32. The molecule has 15 heavy (non-hydrogen) atoms. The molecule has 1 atom stereocenters. The summed E-state index contributed by atoms with van der Waals surface area (Å²) in [4.78, 5) is 0. The molecule has 0 saturated heterocycles. The largest absolute Gasteiger partial charge is 0.321 e. The van der Waals surface area contributed by atoms with E-state index in [2.05, 4.69) is 31.3 Å². The first kappa shape index (κ1) is 10.7. The Kier molecular flexibility index (Phi) is 2.57. The first-order chi connectivity index (χ1) is 7.02. The summed E-state index contributed by atoms with van der Waals surface area (Å²) < 4.78 is 0. The summed E-state index contributed by atoms with van der Waals surface area (Å²) in [5, 5.41) is 3.55. The van der Waals surface area contributed by atoms with Gasteiger partial charge in [-0.1, -0.05) is 30.3 Å². The van der Waals surface area contributed by atoms with Crippen LogP contribution in [0.3, 0.4) is 0 Å². The van der Waals surface area contributed by atoms with Crippen molar-refractivity contribution < 1.29 is 0 Å². The normalized spacial score (nSPS) is 22.1. The van der Waals surface area contributed by atoms with Crippen molar-refractivity contribution in [3.63, 3.8) is 0 Å². The lowest BCUT2D eigenvalue weighted by Gasteiger charge is -2.27. The number of benzene rings is 1. The van der Waals surface area contributed by atoms with E-state index in [-0.39, 0.29) is 5.54 Å². The molecule has 0 radical (unpaired) electrons. The van der Waals surface area contributed by atoms with Gasteiger partial charge in [-0.25, -0.2) is 0 Å². The van der Waals surface area contributed by atoms with Crippen molar-refractivity contribution in [3.8, 4) is 0 Å². The van der Waals surface area contributed by atoms with Crippen molar-refractivity contribution in [2.24, 2.45) is 5.73 Å². The maximum Gasteiger partial charge on any atom is 0.0507 e. The Hall–Kier alpha value is -0.860. The Morgan fingerprint density at radius 2 is 1.93 bits per heavy atom. The fraction of sp³-hybridized carbons (Fsp3) is 0.538. The predicted octanol–water partition coefficient (Wildman–Crippen LogP) is 2.00. The second-order valence-electron chi connectivity index (χ2n) is 5.20. The lowest BCUT2D eigenvalue weighted by molar-refractivity contribution is 0.404. The van der Waals surface area contributed by atoms with Gasteiger partial charge in [0, 0.05) is 12.1 Å². The molecule has 2 rings (SSSR count). The number of nitrogens with two attached hydrogens (primary N) is 1. The van der Waals surface area contributed by atoms with Gasteiger partial charge < -0.3 is 11.1 Å². The van der Waals surface area contributed by atoms with Gasteiger partial charge in [0.25, 0.3) is 0 Å². The van der Waals surface area contributed by atoms with Crippen LogP contribution in [0.25, 0.3) is 0 Å². The Morgan fingerprint density at radius 3 is 2.47 bits per heavy atom. The van der Waals surface area contributed by atoms with Crippen molar-refractivity contribution in [3.05, 3.63) is 35.9 Å². The second kappa shape index (κ2) is 3.62. The zero-order valence-corrected chi connectivity index (χ0v) is 9.59.